The molecule has 0 bridgehead atoms. The number of amides is 2. The molecule has 2 rings (SSSR count). The van der Waals surface area contributed by atoms with Gasteiger partial charge in [-0.3, -0.25) is 4.68 Å². The number of aryl methyl sites for hydroxylation is 2. The molecule has 0 aliphatic carbocycles. The molecule has 0 saturated heterocycles. The summed E-state index contributed by atoms with van der Waals surface area (Å²) < 4.78 is 44.3. The number of carbonyl (C=O) groups is 1. The maximum atomic E-state index is 12.8. The van der Waals surface area contributed by atoms with E-state index in [1.807, 2.05) is 0 Å². The molecule has 0 aliphatic rings. The van der Waals surface area contributed by atoms with Gasteiger partial charge < -0.3 is 15.2 Å². The van der Waals surface area contributed by atoms with Gasteiger partial charge in [-0.2, -0.15) is 23.3 Å². The van der Waals surface area contributed by atoms with E-state index in [4.69, 9.17) is 4.52 Å². The van der Waals surface area contributed by atoms with Crippen LogP contribution in [0.25, 0.3) is 0 Å². The molecule has 0 unspecified atom stereocenters. The Morgan fingerprint density at radius 1 is 1.35 bits per heavy atom. The first kappa shape index (κ1) is 16.8. The van der Waals surface area contributed by atoms with Crippen molar-refractivity contribution < 1.29 is 22.5 Å². The molecule has 0 atom stereocenters. The predicted octanol–water partition coefficient (Wildman–Crippen LogP) is 2.19. The van der Waals surface area contributed by atoms with Crippen molar-refractivity contribution in [1.82, 2.24) is 25.2 Å². The van der Waals surface area contributed by atoms with Crippen LogP contribution >= 0.6 is 0 Å². The van der Waals surface area contributed by atoms with Gasteiger partial charge in [0, 0.05) is 20.2 Å². The zero-order valence-electron chi connectivity index (χ0n) is 12.8. The fourth-order valence-corrected chi connectivity index (χ4v) is 1.84. The molecule has 2 N–H and O–H groups in total. The zero-order valence-corrected chi connectivity index (χ0v) is 12.8. The van der Waals surface area contributed by atoms with Crippen LogP contribution in [0.2, 0.25) is 0 Å². The lowest BCUT2D eigenvalue weighted by Crippen LogP contribution is -2.44. The second kappa shape index (κ2) is 5.56. The van der Waals surface area contributed by atoms with Crippen LogP contribution in [0.1, 0.15) is 31.3 Å². The Labute approximate surface area is 129 Å². The average molecular weight is 332 g/mol. The van der Waals surface area contributed by atoms with Gasteiger partial charge in [0.1, 0.15) is 0 Å². The first-order valence-electron chi connectivity index (χ1n) is 6.50. The first-order valence-corrected chi connectivity index (χ1v) is 6.50. The molecular formula is C12H15F3N6O2. The maximum absolute atomic E-state index is 12.8. The summed E-state index contributed by atoms with van der Waals surface area (Å²) in [5, 5.41) is 11.6. The van der Waals surface area contributed by atoms with Crippen molar-refractivity contribution in [3.8, 4) is 0 Å². The molecule has 0 fully saturated rings. The first-order chi connectivity index (χ1) is 10.5. The normalized spacial score (nSPS) is 12.3. The van der Waals surface area contributed by atoms with Crippen LogP contribution < -0.4 is 10.6 Å². The monoisotopic (exact) mass is 332 g/mol. The average Bonchev–Trinajstić information content (AvgIpc) is 2.94. The van der Waals surface area contributed by atoms with E-state index in [1.54, 1.807) is 20.8 Å². The molecular weight excluding hydrogens is 317 g/mol. The second-order valence-corrected chi connectivity index (χ2v) is 5.40. The standard InChI is InChI=1S/C12H15F3N6O2/c1-6-16-9(20-23-6)11(2,3)18-10(22)17-7-5-21(4)19-8(7)12(13,14)15/h5H,1-4H3,(H2,17,18,22). The summed E-state index contributed by atoms with van der Waals surface area (Å²) in [5.74, 6) is 0.509. The minimum atomic E-state index is -4.68. The van der Waals surface area contributed by atoms with Crippen LogP contribution in [0.3, 0.4) is 0 Å². The summed E-state index contributed by atoms with van der Waals surface area (Å²) in [5.41, 5.74) is -2.66. The van der Waals surface area contributed by atoms with E-state index < -0.39 is 29.1 Å². The molecule has 0 aliphatic heterocycles. The van der Waals surface area contributed by atoms with Crippen molar-refractivity contribution in [1.29, 1.82) is 0 Å². The fraction of sp³-hybridized carbons (Fsp3) is 0.500. The molecule has 2 heterocycles. The van der Waals surface area contributed by atoms with Gasteiger partial charge in [0.05, 0.1) is 11.2 Å². The number of aromatic nitrogens is 4. The molecule has 2 aromatic rings. The SMILES string of the molecule is Cc1nc(C(C)(C)NC(=O)Nc2cn(C)nc2C(F)(F)F)no1. The Bertz CT molecular complexity index is 719. The summed E-state index contributed by atoms with van der Waals surface area (Å²) >= 11 is 0. The van der Waals surface area contributed by atoms with Crippen LogP contribution in [0.15, 0.2) is 10.7 Å². The molecule has 0 radical (unpaired) electrons. The highest BCUT2D eigenvalue weighted by molar-refractivity contribution is 5.90. The van der Waals surface area contributed by atoms with Gasteiger partial charge in [0.2, 0.25) is 5.89 Å². The van der Waals surface area contributed by atoms with Gasteiger partial charge in [-0.05, 0) is 13.8 Å². The van der Waals surface area contributed by atoms with E-state index in [0.717, 1.165) is 10.9 Å². The Morgan fingerprint density at radius 3 is 2.52 bits per heavy atom. The van der Waals surface area contributed by atoms with Crippen molar-refractivity contribution in [2.24, 2.45) is 7.05 Å². The number of nitrogens with zero attached hydrogens (tertiary/aromatic N) is 4. The highest BCUT2D eigenvalue weighted by Gasteiger charge is 2.38. The highest BCUT2D eigenvalue weighted by atomic mass is 19.4. The largest absolute Gasteiger partial charge is 0.437 e. The molecule has 0 spiro atoms. The van der Waals surface area contributed by atoms with Gasteiger partial charge in [0.25, 0.3) is 0 Å². The summed E-state index contributed by atoms with van der Waals surface area (Å²) in [6, 6.07) is -0.851. The number of halogens is 3. The van der Waals surface area contributed by atoms with Crippen molar-refractivity contribution in [3.63, 3.8) is 0 Å². The van der Waals surface area contributed by atoms with Crippen LogP contribution in [-0.2, 0) is 18.8 Å². The van der Waals surface area contributed by atoms with Crippen molar-refractivity contribution >= 4 is 11.7 Å². The lowest BCUT2D eigenvalue weighted by atomic mass is 10.1. The number of hydrogen-bond acceptors (Lipinski definition) is 5. The van der Waals surface area contributed by atoms with E-state index in [9.17, 15) is 18.0 Å². The van der Waals surface area contributed by atoms with Gasteiger partial charge in [-0.15, -0.1) is 0 Å². The van der Waals surface area contributed by atoms with Crippen LogP contribution in [0, 0.1) is 6.92 Å². The molecule has 11 heteroatoms. The van der Waals surface area contributed by atoms with Gasteiger partial charge in [-0.25, -0.2) is 4.79 Å². The third kappa shape index (κ3) is 3.79. The number of anilines is 1. The molecule has 0 saturated carbocycles. The van der Waals surface area contributed by atoms with Gasteiger partial charge >= 0.3 is 12.2 Å². The maximum Gasteiger partial charge on any atom is 0.437 e. The number of hydrogen-bond donors (Lipinski definition) is 2. The van der Waals surface area contributed by atoms with E-state index in [2.05, 4.69) is 25.9 Å². The Balaban J connectivity index is 2.14. The minimum Gasteiger partial charge on any atom is -0.340 e. The summed E-state index contributed by atoms with van der Waals surface area (Å²) in [6.07, 6.45) is -3.61. The van der Waals surface area contributed by atoms with E-state index in [0.29, 0.717) is 5.89 Å². The molecule has 23 heavy (non-hydrogen) atoms. The van der Waals surface area contributed by atoms with Gasteiger partial charge in [-0.1, -0.05) is 5.16 Å². The quantitative estimate of drug-likeness (QED) is 0.898. The highest BCUT2D eigenvalue weighted by Crippen LogP contribution is 2.33. The molecule has 8 nitrogen and oxygen atoms in total. The lowest BCUT2D eigenvalue weighted by Gasteiger charge is -2.22. The Hall–Kier alpha value is -2.59. The minimum absolute atomic E-state index is 0.201. The van der Waals surface area contributed by atoms with E-state index in [1.165, 1.54) is 7.05 Å². The number of urea groups is 1. The van der Waals surface area contributed by atoms with Crippen LogP contribution in [0.4, 0.5) is 23.7 Å². The van der Waals surface area contributed by atoms with E-state index in [-0.39, 0.29) is 5.82 Å². The van der Waals surface area contributed by atoms with Crippen molar-refractivity contribution in [3.05, 3.63) is 23.6 Å². The van der Waals surface area contributed by atoms with Crippen LogP contribution in [-0.4, -0.2) is 26.0 Å². The summed E-state index contributed by atoms with van der Waals surface area (Å²) in [6.45, 7) is 4.76. The Morgan fingerprint density at radius 2 is 2.00 bits per heavy atom. The molecule has 0 aromatic carbocycles. The number of alkyl halides is 3. The summed E-state index contributed by atoms with van der Waals surface area (Å²) in [4.78, 5) is 16.0. The molecule has 2 aromatic heterocycles. The predicted molar refractivity (Wildman–Crippen MR) is 72.4 cm³/mol. The zero-order chi connectivity index (χ0) is 17.4. The van der Waals surface area contributed by atoms with Crippen molar-refractivity contribution in [2.75, 3.05) is 5.32 Å². The molecule has 2 amide bonds. The smallest absolute Gasteiger partial charge is 0.340 e. The van der Waals surface area contributed by atoms with E-state index >= 15 is 0 Å². The second-order valence-electron chi connectivity index (χ2n) is 5.40. The molecule has 126 valence electrons. The third-order valence-electron chi connectivity index (χ3n) is 2.86. The van der Waals surface area contributed by atoms with Crippen molar-refractivity contribution in [2.45, 2.75) is 32.5 Å². The number of nitrogens with one attached hydrogen (secondary N) is 2. The number of rotatable bonds is 3. The number of carbonyl (C=O) groups excluding carboxylic acids is 1. The topological polar surface area (TPSA) is 97.9 Å². The fourth-order valence-electron chi connectivity index (χ4n) is 1.84. The van der Waals surface area contributed by atoms with Crippen LogP contribution in [0.5, 0.6) is 0 Å². The van der Waals surface area contributed by atoms with Gasteiger partial charge in [0.15, 0.2) is 11.5 Å². The third-order valence-corrected chi connectivity index (χ3v) is 2.86. The lowest BCUT2D eigenvalue weighted by molar-refractivity contribution is -0.140. The Kier molecular flexibility index (Phi) is 4.05. The summed E-state index contributed by atoms with van der Waals surface area (Å²) in [7, 11) is 1.32.